The van der Waals surface area contributed by atoms with E-state index >= 15 is 0 Å². The summed E-state index contributed by atoms with van der Waals surface area (Å²) in [7, 11) is 0. The molecule has 0 fully saturated rings. The molecule has 6 heteroatoms. The Bertz CT molecular complexity index is 885. The minimum atomic E-state index is -1.02. The van der Waals surface area contributed by atoms with Gasteiger partial charge in [0.2, 0.25) is 0 Å². The van der Waals surface area contributed by atoms with Crippen LogP contribution in [-0.2, 0) is 11.2 Å². The van der Waals surface area contributed by atoms with Crippen molar-refractivity contribution in [3.8, 4) is 11.3 Å². The smallest absolute Gasteiger partial charge is 0.303 e. The molecule has 2 N–H and O–H groups in total. The van der Waals surface area contributed by atoms with Gasteiger partial charge in [0.25, 0.3) is 0 Å². The Morgan fingerprint density at radius 1 is 1.04 bits per heavy atom. The minimum Gasteiger partial charge on any atom is -0.481 e. The molecule has 3 nitrogen and oxygen atoms in total. The molecular weight excluding hydrogens is 307 g/mol. The molecule has 2 aromatic carbocycles. The molecule has 0 radical (unpaired) electrons. The fourth-order valence-electron chi connectivity index (χ4n) is 2.61. The van der Waals surface area contributed by atoms with E-state index in [0.717, 1.165) is 6.07 Å². The largest absolute Gasteiger partial charge is 0.481 e. The molecule has 0 aliphatic carbocycles. The molecule has 0 atom stereocenters. The van der Waals surface area contributed by atoms with Gasteiger partial charge in [-0.05, 0) is 53.9 Å². The lowest BCUT2D eigenvalue weighted by Gasteiger charge is -2.04. The van der Waals surface area contributed by atoms with Crippen molar-refractivity contribution < 1.29 is 23.1 Å². The first-order valence-corrected chi connectivity index (χ1v) is 6.93. The number of carboxylic acids is 1. The quantitative estimate of drug-likeness (QED) is 0.754. The highest BCUT2D eigenvalue weighted by Crippen LogP contribution is 2.33. The number of benzene rings is 2. The highest BCUT2D eigenvalue weighted by molar-refractivity contribution is 5.91. The van der Waals surface area contributed by atoms with Crippen molar-refractivity contribution >= 4 is 16.9 Å². The maximum absolute atomic E-state index is 14.0. The van der Waals surface area contributed by atoms with Crippen molar-refractivity contribution in [1.82, 2.24) is 4.98 Å². The van der Waals surface area contributed by atoms with Crippen LogP contribution in [0.4, 0.5) is 13.2 Å². The Morgan fingerprint density at radius 3 is 2.39 bits per heavy atom. The number of aromatic nitrogens is 1. The van der Waals surface area contributed by atoms with E-state index in [1.54, 1.807) is 0 Å². The SMILES string of the molecule is O=C(O)CCc1c(-c2ccc(F)cc2)[nH]c2c(F)c(F)ccc12. The van der Waals surface area contributed by atoms with E-state index < -0.39 is 23.4 Å². The van der Waals surface area contributed by atoms with Crippen LogP contribution in [0.15, 0.2) is 36.4 Å². The molecule has 0 saturated heterocycles. The summed E-state index contributed by atoms with van der Waals surface area (Å²) in [6, 6.07) is 7.91. The Kier molecular flexibility index (Phi) is 3.82. The summed E-state index contributed by atoms with van der Waals surface area (Å²) >= 11 is 0. The van der Waals surface area contributed by atoms with Crippen molar-refractivity contribution in [2.75, 3.05) is 0 Å². The number of hydrogen-bond donors (Lipinski definition) is 2. The lowest BCUT2D eigenvalue weighted by atomic mass is 10.0. The third kappa shape index (κ3) is 2.79. The van der Waals surface area contributed by atoms with Crippen molar-refractivity contribution in [3.63, 3.8) is 0 Å². The third-order valence-electron chi connectivity index (χ3n) is 3.69. The average molecular weight is 319 g/mol. The molecule has 0 amide bonds. The molecular formula is C17H12F3NO2. The Morgan fingerprint density at radius 2 is 1.74 bits per heavy atom. The zero-order valence-electron chi connectivity index (χ0n) is 11.9. The fourth-order valence-corrected chi connectivity index (χ4v) is 2.61. The summed E-state index contributed by atoms with van der Waals surface area (Å²) in [5.74, 6) is -3.43. The van der Waals surface area contributed by atoms with E-state index in [9.17, 15) is 18.0 Å². The van der Waals surface area contributed by atoms with E-state index in [0.29, 0.717) is 22.2 Å². The van der Waals surface area contributed by atoms with Gasteiger partial charge in [-0.1, -0.05) is 0 Å². The van der Waals surface area contributed by atoms with Crippen LogP contribution in [0.25, 0.3) is 22.2 Å². The van der Waals surface area contributed by atoms with Gasteiger partial charge in [-0.3, -0.25) is 4.79 Å². The van der Waals surface area contributed by atoms with E-state index in [4.69, 9.17) is 5.11 Å². The molecule has 1 heterocycles. The number of aryl methyl sites for hydroxylation is 1. The van der Waals surface area contributed by atoms with Gasteiger partial charge in [0.05, 0.1) is 5.52 Å². The molecule has 0 aliphatic rings. The predicted molar refractivity (Wildman–Crippen MR) is 79.6 cm³/mol. The number of rotatable bonds is 4. The first-order chi connectivity index (χ1) is 11.0. The molecule has 1 aromatic heterocycles. The number of carboxylic acid groups (broad SMARTS) is 1. The maximum atomic E-state index is 14.0. The second kappa shape index (κ2) is 5.79. The minimum absolute atomic E-state index is 0.0234. The van der Waals surface area contributed by atoms with Crippen molar-refractivity contribution in [1.29, 1.82) is 0 Å². The van der Waals surface area contributed by atoms with Gasteiger partial charge in [0.1, 0.15) is 5.82 Å². The maximum Gasteiger partial charge on any atom is 0.303 e. The predicted octanol–water partition coefficient (Wildman–Crippen LogP) is 4.27. The van der Waals surface area contributed by atoms with Crippen LogP contribution in [0.5, 0.6) is 0 Å². The van der Waals surface area contributed by atoms with Crippen LogP contribution in [-0.4, -0.2) is 16.1 Å². The van der Waals surface area contributed by atoms with Gasteiger partial charge in [-0.25, -0.2) is 13.2 Å². The average Bonchev–Trinajstić information content (AvgIpc) is 2.89. The summed E-state index contributed by atoms with van der Waals surface area (Å²) in [6.07, 6.45) is -0.00669. The molecule has 3 rings (SSSR count). The van der Waals surface area contributed by atoms with E-state index in [1.165, 1.54) is 30.3 Å². The Balaban J connectivity index is 2.22. The molecule has 0 aliphatic heterocycles. The molecule has 23 heavy (non-hydrogen) atoms. The van der Waals surface area contributed by atoms with Crippen molar-refractivity contribution in [3.05, 3.63) is 59.4 Å². The molecule has 0 saturated carbocycles. The highest BCUT2D eigenvalue weighted by atomic mass is 19.2. The van der Waals surface area contributed by atoms with E-state index in [-0.39, 0.29) is 18.4 Å². The second-order valence-corrected chi connectivity index (χ2v) is 5.16. The monoisotopic (exact) mass is 319 g/mol. The number of nitrogens with one attached hydrogen (secondary N) is 1. The van der Waals surface area contributed by atoms with Crippen LogP contribution < -0.4 is 0 Å². The first-order valence-electron chi connectivity index (χ1n) is 6.93. The number of aliphatic carboxylic acids is 1. The number of carbonyl (C=O) groups is 1. The van der Waals surface area contributed by atoms with Crippen LogP contribution >= 0.6 is 0 Å². The molecule has 0 spiro atoms. The Labute approximate surface area is 129 Å². The number of fused-ring (bicyclic) bond motifs is 1. The molecule has 0 bridgehead atoms. The third-order valence-corrected chi connectivity index (χ3v) is 3.69. The van der Waals surface area contributed by atoms with Crippen LogP contribution in [0.2, 0.25) is 0 Å². The van der Waals surface area contributed by atoms with Gasteiger partial charge in [-0.15, -0.1) is 0 Å². The zero-order valence-corrected chi connectivity index (χ0v) is 11.9. The second-order valence-electron chi connectivity index (χ2n) is 5.16. The van der Waals surface area contributed by atoms with Gasteiger partial charge in [0, 0.05) is 17.5 Å². The van der Waals surface area contributed by atoms with Crippen LogP contribution in [0, 0.1) is 17.5 Å². The topological polar surface area (TPSA) is 53.1 Å². The highest BCUT2D eigenvalue weighted by Gasteiger charge is 2.18. The van der Waals surface area contributed by atoms with E-state index in [2.05, 4.69) is 4.98 Å². The molecule has 118 valence electrons. The van der Waals surface area contributed by atoms with Gasteiger partial charge in [-0.2, -0.15) is 0 Å². The lowest BCUT2D eigenvalue weighted by molar-refractivity contribution is -0.136. The number of aromatic amines is 1. The number of H-pyrrole nitrogens is 1. The normalized spacial score (nSPS) is 11.1. The van der Waals surface area contributed by atoms with Crippen molar-refractivity contribution in [2.45, 2.75) is 12.8 Å². The first kappa shape index (κ1) is 15.1. The van der Waals surface area contributed by atoms with Crippen LogP contribution in [0.3, 0.4) is 0 Å². The van der Waals surface area contributed by atoms with E-state index in [1.807, 2.05) is 0 Å². The van der Waals surface area contributed by atoms with Crippen LogP contribution in [0.1, 0.15) is 12.0 Å². The Hall–Kier alpha value is -2.76. The summed E-state index contributed by atoms with van der Waals surface area (Å²) in [5, 5.41) is 9.31. The summed E-state index contributed by atoms with van der Waals surface area (Å²) < 4.78 is 40.5. The molecule has 0 unspecified atom stereocenters. The number of halogens is 3. The summed E-state index contributed by atoms with van der Waals surface area (Å²) in [4.78, 5) is 13.7. The summed E-state index contributed by atoms with van der Waals surface area (Å²) in [6.45, 7) is 0. The fraction of sp³-hybridized carbons (Fsp3) is 0.118. The molecule has 3 aromatic rings. The summed E-state index contributed by atoms with van der Waals surface area (Å²) in [5.41, 5.74) is 1.58. The van der Waals surface area contributed by atoms with Gasteiger partial charge in [0.15, 0.2) is 11.6 Å². The number of hydrogen-bond acceptors (Lipinski definition) is 1. The lowest BCUT2D eigenvalue weighted by Crippen LogP contribution is -1.98. The van der Waals surface area contributed by atoms with Gasteiger partial charge >= 0.3 is 5.97 Å². The van der Waals surface area contributed by atoms with Crippen molar-refractivity contribution in [2.24, 2.45) is 0 Å². The standard InChI is InChI=1S/C17H12F3NO2/c18-10-3-1-9(2-4-10)16-11(6-8-14(22)23)12-5-7-13(19)15(20)17(12)21-16/h1-5,7,21H,6,8H2,(H,22,23). The zero-order chi connectivity index (χ0) is 16.6. The van der Waals surface area contributed by atoms with Gasteiger partial charge < -0.3 is 10.1 Å².